The number of hydrogen-bond acceptors (Lipinski definition) is 5. The minimum atomic E-state index is -0.255. The number of benzene rings is 2. The molecule has 0 unspecified atom stereocenters. The van der Waals surface area contributed by atoms with Crippen LogP contribution in [-0.4, -0.2) is 52.3 Å². The second-order valence-corrected chi connectivity index (χ2v) is 8.03. The third kappa shape index (κ3) is 3.09. The van der Waals surface area contributed by atoms with E-state index in [0.717, 1.165) is 56.0 Å². The van der Waals surface area contributed by atoms with Crippen LogP contribution >= 0.6 is 0 Å². The van der Waals surface area contributed by atoms with Crippen LogP contribution in [0.1, 0.15) is 25.1 Å². The smallest absolute Gasteiger partial charge is 0.150 e. The molecule has 2 atom stereocenters. The molecule has 0 bridgehead atoms. The van der Waals surface area contributed by atoms with E-state index < -0.39 is 0 Å². The maximum atomic E-state index is 10.2. The molecule has 2 aliphatic rings. The van der Waals surface area contributed by atoms with E-state index in [1.807, 2.05) is 12.3 Å². The molecule has 2 N–H and O–H groups in total. The first-order chi connectivity index (χ1) is 13.7. The van der Waals surface area contributed by atoms with Crippen molar-refractivity contribution in [2.24, 2.45) is 0 Å². The number of fused-ring (bicyclic) bond motifs is 1. The highest BCUT2D eigenvalue weighted by Crippen LogP contribution is 2.35. The summed E-state index contributed by atoms with van der Waals surface area (Å²) in [6, 6.07) is 16.9. The lowest BCUT2D eigenvalue weighted by atomic mass is 9.91. The molecule has 1 aromatic heterocycles. The van der Waals surface area contributed by atoms with Gasteiger partial charge in [0, 0.05) is 24.8 Å². The highest BCUT2D eigenvalue weighted by molar-refractivity contribution is 5.86. The summed E-state index contributed by atoms with van der Waals surface area (Å²) in [4.78, 5) is 12.1. The van der Waals surface area contributed by atoms with Gasteiger partial charge in [0.2, 0.25) is 0 Å². The van der Waals surface area contributed by atoms with Crippen molar-refractivity contribution in [3.05, 3.63) is 60.6 Å². The molecule has 0 radical (unpaired) electrons. The quantitative estimate of drug-likeness (QED) is 0.738. The molecule has 5 heteroatoms. The summed E-state index contributed by atoms with van der Waals surface area (Å²) < 4.78 is 0. The number of piperidine rings is 1. The SMILES string of the molecule is O[C@@H]1CCCN([C@@]2(c3nccc(-c4ccc5ccccc5c4)n3)CCNC2)C1. The summed E-state index contributed by atoms with van der Waals surface area (Å²) in [5, 5.41) is 16.2. The normalized spacial score (nSPS) is 26.0. The molecule has 28 heavy (non-hydrogen) atoms. The fraction of sp³-hybridized carbons (Fsp3) is 0.391. The van der Waals surface area contributed by atoms with Gasteiger partial charge in [0.05, 0.1) is 17.3 Å². The number of nitrogens with zero attached hydrogens (tertiary/aromatic N) is 3. The molecule has 3 heterocycles. The van der Waals surface area contributed by atoms with Gasteiger partial charge in [0.25, 0.3) is 0 Å². The number of nitrogens with one attached hydrogen (secondary N) is 1. The third-order valence-corrected chi connectivity index (χ3v) is 6.25. The second kappa shape index (κ2) is 7.24. The van der Waals surface area contributed by atoms with E-state index in [2.05, 4.69) is 52.7 Å². The first kappa shape index (κ1) is 17.7. The number of aliphatic hydroxyl groups excluding tert-OH is 1. The molecule has 0 aliphatic carbocycles. The van der Waals surface area contributed by atoms with Crippen molar-refractivity contribution >= 4 is 10.8 Å². The van der Waals surface area contributed by atoms with Crippen molar-refractivity contribution < 1.29 is 5.11 Å². The number of aliphatic hydroxyl groups is 1. The molecule has 2 saturated heterocycles. The van der Waals surface area contributed by atoms with Crippen LogP contribution in [0, 0.1) is 0 Å². The van der Waals surface area contributed by atoms with E-state index in [1.54, 1.807) is 0 Å². The van der Waals surface area contributed by atoms with Gasteiger partial charge in [-0.1, -0.05) is 36.4 Å². The molecular weight excluding hydrogens is 348 g/mol. The Morgan fingerprint density at radius 1 is 1.11 bits per heavy atom. The molecule has 3 aromatic rings. The molecule has 2 fully saturated rings. The minimum absolute atomic E-state index is 0.228. The Hall–Kier alpha value is -2.34. The second-order valence-electron chi connectivity index (χ2n) is 8.03. The van der Waals surface area contributed by atoms with E-state index >= 15 is 0 Å². The van der Waals surface area contributed by atoms with Crippen LogP contribution in [-0.2, 0) is 5.54 Å². The molecule has 0 spiro atoms. The van der Waals surface area contributed by atoms with Gasteiger partial charge in [-0.2, -0.15) is 0 Å². The van der Waals surface area contributed by atoms with Gasteiger partial charge < -0.3 is 10.4 Å². The van der Waals surface area contributed by atoms with Gasteiger partial charge in [0.1, 0.15) is 0 Å². The number of hydrogen-bond donors (Lipinski definition) is 2. The Morgan fingerprint density at radius 3 is 2.82 bits per heavy atom. The maximum absolute atomic E-state index is 10.2. The minimum Gasteiger partial charge on any atom is -0.392 e. The van der Waals surface area contributed by atoms with Gasteiger partial charge in [-0.05, 0) is 55.3 Å². The molecule has 0 saturated carbocycles. The van der Waals surface area contributed by atoms with Crippen LogP contribution < -0.4 is 5.32 Å². The Morgan fingerprint density at radius 2 is 2.00 bits per heavy atom. The van der Waals surface area contributed by atoms with Crippen molar-refractivity contribution in [3.8, 4) is 11.3 Å². The van der Waals surface area contributed by atoms with Gasteiger partial charge in [-0.15, -0.1) is 0 Å². The summed E-state index contributed by atoms with van der Waals surface area (Å²) in [6.45, 7) is 3.48. The lowest BCUT2D eigenvalue weighted by molar-refractivity contribution is 0.00213. The molecule has 0 amide bonds. The highest BCUT2D eigenvalue weighted by atomic mass is 16.3. The lowest BCUT2D eigenvalue weighted by Gasteiger charge is -2.43. The van der Waals surface area contributed by atoms with Crippen molar-refractivity contribution in [2.75, 3.05) is 26.2 Å². The van der Waals surface area contributed by atoms with Crippen LogP contribution in [0.25, 0.3) is 22.0 Å². The predicted molar refractivity (Wildman–Crippen MR) is 111 cm³/mol. The Bertz CT molecular complexity index is 983. The standard InChI is InChI=1S/C23H26N4O/c28-20-6-3-13-27(15-20)23(10-12-24-16-23)22-25-11-9-21(26-22)19-8-7-17-4-1-2-5-18(17)14-19/h1-2,4-5,7-9,11,14,20,24,28H,3,6,10,12-13,15-16H2/t20-,23+/m1/s1. The summed E-state index contributed by atoms with van der Waals surface area (Å²) in [7, 11) is 0. The molecule has 5 rings (SSSR count). The van der Waals surface area contributed by atoms with Gasteiger partial charge in [0.15, 0.2) is 5.82 Å². The molecule has 2 aliphatic heterocycles. The molecule has 144 valence electrons. The van der Waals surface area contributed by atoms with Crippen LogP contribution in [0.5, 0.6) is 0 Å². The average molecular weight is 374 g/mol. The van der Waals surface area contributed by atoms with E-state index in [0.29, 0.717) is 6.54 Å². The van der Waals surface area contributed by atoms with Crippen molar-refractivity contribution in [3.63, 3.8) is 0 Å². The van der Waals surface area contributed by atoms with Crippen LogP contribution in [0.15, 0.2) is 54.7 Å². The zero-order valence-electron chi connectivity index (χ0n) is 16.0. The lowest BCUT2D eigenvalue weighted by Crippen LogP contribution is -2.54. The summed E-state index contributed by atoms with van der Waals surface area (Å²) in [5.74, 6) is 0.872. The summed E-state index contributed by atoms with van der Waals surface area (Å²) >= 11 is 0. The first-order valence-corrected chi connectivity index (χ1v) is 10.2. The predicted octanol–water partition coefficient (Wildman–Crippen LogP) is 2.94. The van der Waals surface area contributed by atoms with Crippen LogP contribution in [0.2, 0.25) is 0 Å². The number of rotatable bonds is 3. The first-order valence-electron chi connectivity index (χ1n) is 10.2. The monoisotopic (exact) mass is 374 g/mol. The largest absolute Gasteiger partial charge is 0.392 e. The number of aromatic nitrogens is 2. The van der Waals surface area contributed by atoms with E-state index in [-0.39, 0.29) is 11.6 Å². The Labute approximate surface area is 165 Å². The average Bonchev–Trinajstić information content (AvgIpc) is 3.25. The van der Waals surface area contributed by atoms with Crippen LogP contribution in [0.3, 0.4) is 0 Å². The number of likely N-dealkylation sites (tertiary alicyclic amines) is 1. The van der Waals surface area contributed by atoms with Gasteiger partial charge in [-0.3, -0.25) is 4.90 Å². The zero-order chi connectivity index (χ0) is 19.0. The fourth-order valence-corrected chi connectivity index (χ4v) is 4.72. The van der Waals surface area contributed by atoms with Crippen LogP contribution in [0.4, 0.5) is 0 Å². The molecular formula is C23H26N4O. The molecule has 5 nitrogen and oxygen atoms in total. The third-order valence-electron chi connectivity index (χ3n) is 6.25. The van der Waals surface area contributed by atoms with Crippen molar-refractivity contribution in [1.82, 2.24) is 20.2 Å². The highest BCUT2D eigenvalue weighted by Gasteiger charge is 2.45. The molecule has 2 aromatic carbocycles. The van der Waals surface area contributed by atoms with E-state index in [1.165, 1.54) is 10.8 Å². The van der Waals surface area contributed by atoms with Crippen molar-refractivity contribution in [1.29, 1.82) is 0 Å². The zero-order valence-corrected chi connectivity index (χ0v) is 16.0. The summed E-state index contributed by atoms with van der Waals surface area (Å²) in [5.41, 5.74) is 1.84. The number of β-amino-alcohol motifs (C(OH)–C–C–N with tert-alkyl or cyclic N) is 1. The van der Waals surface area contributed by atoms with Crippen molar-refractivity contribution in [2.45, 2.75) is 30.9 Å². The Balaban J connectivity index is 1.54. The van der Waals surface area contributed by atoms with Gasteiger partial charge in [-0.25, -0.2) is 9.97 Å². The topological polar surface area (TPSA) is 61.3 Å². The fourth-order valence-electron chi connectivity index (χ4n) is 4.72. The van der Waals surface area contributed by atoms with E-state index in [9.17, 15) is 5.11 Å². The Kier molecular flexibility index (Phi) is 4.59. The van der Waals surface area contributed by atoms with Gasteiger partial charge >= 0.3 is 0 Å². The maximum Gasteiger partial charge on any atom is 0.150 e. The summed E-state index contributed by atoms with van der Waals surface area (Å²) in [6.07, 6.45) is 4.51. The van der Waals surface area contributed by atoms with E-state index in [4.69, 9.17) is 9.97 Å².